The second kappa shape index (κ2) is 4.50. The fraction of sp³-hybridized carbons (Fsp3) is 0.222. The van der Waals surface area contributed by atoms with Gasteiger partial charge >= 0.3 is 0 Å². The largest absolute Gasteiger partial charge is 0.386 e. The Balaban J connectivity index is 2.09. The van der Waals surface area contributed by atoms with E-state index in [-0.39, 0.29) is 0 Å². The summed E-state index contributed by atoms with van der Waals surface area (Å²) in [5.41, 5.74) is 1.48. The summed E-state index contributed by atoms with van der Waals surface area (Å²) in [5, 5.41) is 19.7. The van der Waals surface area contributed by atoms with E-state index in [0.717, 1.165) is 10.0 Å². The van der Waals surface area contributed by atoms with Gasteiger partial charge in [0.25, 0.3) is 0 Å². The van der Waals surface area contributed by atoms with E-state index in [1.54, 1.807) is 12.4 Å². The van der Waals surface area contributed by atoms with Gasteiger partial charge in [-0.1, -0.05) is 0 Å². The molecule has 6 heteroatoms. The van der Waals surface area contributed by atoms with Crippen molar-refractivity contribution in [1.82, 2.24) is 20.4 Å². The molecule has 15 heavy (non-hydrogen) atoms. The first-order valence-electron chi connectivity index (χ1n) is 4.39. The summed E-state index contributed by atoms with van der Waals surface area (Å²) in [6.07, 6.45) is 4.74. The molecule has 2 aromatic rings. The Morgan fingerprint density at radius 2 is 2.27 bits per heavy atom. The average molecular weight is 269 g/mol. The van der Waals surface area contributed by atoms with E-state index in [2.05, 4.69) is 36.3 Å². The number of aliphatic hydroxyl groups excluding tert-OH is 1. The molecule has 1 atom stereocenters. The number of aromatic amines is 1. The number of nitrogens with one attached hydrogen (secondary N) is 1. The Kier molecular flexibility index (Phi) is 3.08. The molecule has 0 saturated heterocycles. The smallest absolute Gasteiger partial charge is 0.111 e. The fourth-order valence-corrected chi connectivity index (χ4v) is 1.68. The Hall–Kier alpha value is -1.27. The lowest BCUT2D eigenvalue weighted by atomic mass is 10.1. The quantitative estimate of drug-likeness (QED) is 0.879. The van der Waals surface area contributed by atoms with Gasteiger partial charge in [-0.05, 0) is 27.6 Å². The van der Waals surface area contributed by atoms with Crippen LogP contribution < -0.4 is 0 Å². The number of halogens is 1. The maximum atomic E-state index is 9.79. The molecule has 0 fully saturated rings. The van der Waals surface area contributed by atoms with E-state index < -0.39 is 6.10 Å². The van der Waals surface area contributed by atoms with Crippen LogP contribution in [0, 0.1) is 0 Å². The van der Waals surface area contributed by atoms with Crippen molar-refractivity contribution in [3.05, 3.63) is 40.4 Å². The molecule has 0 radical (unpaired) electrons. The van der Waals surface area contributed by atoms with Crippen LogP contribution in [0.2, 0.25) is 0 Å². The van der Waals surface area contributed by atoms with Gasteiger partial charge < -0.3 is 5.11 Å². The average Bonchev–Trinajstić information content (AvgIpc) is 2.70. The zero-order valence-corrected chi connectivity index (χ0v) is 9.35. The minimum Gasteiger partial charge on any atom is -0.386 e. The summed E-state index contributed by atoms with van der Waals surface area (Å²) in [6, 6.07) is 1.91. The van der Waals surface area contributed by atoms with Crippen molar-refractivity contribution in [1.29, 1.82) is 0 Å². The van der Waals surface area contributed by atoms with E-state index in [1.807, 2.05) is 6.07 Å². The highest BCUT2D eigenvalue weighted by molar-refractivity contribution is 9.10. The van der Waals surface area contributed by atoms with Gasteiger partial charge in [0.2, 0.25) is 0 Å². The van der Waals surface area contributed by atoms with Gasteiger partial charge in [0.05, 0.1) is 6.20 Å². The van der Waals surface area contributed by atoms with Crippen LogP contribution >= 0.6 is 15.9 Å². The molecule has 2 N–H and O–H groups in total. The predicted molar refractivity (Wildman–Crippen MR) is 57.0 cm³/mol. The molecule has 0 aliphatic heterocycles. The van der Waals surface area contributed by atoms with E-state index in [1.165, 1.54) is 6.20 Å². The zero-order valence-electron chi connectivity index (χ0n) is 7.76. The lowest BCUT2D eigenvalue weighted by Crippen LogP contribution is -2.02. The fourth-order valence-electron chi connectivity index (χ4n) is 1.27. The summed E-state index contributed by atoms with van der Waals surface area (Å²) in [7, 11) is 0. The van der Waals surface area contributed by atoms with Gasteiger partial charge in [0.1, 0.15) is 11.8 Å². The van der Waals surface area contributed by atoms with Crippen molar-refractivity contribution in [3.8, 4) is 0 Å². The van der Waals surface area contributed by atoms with Crippen LogP contribution in [0.4, 0.5) is 0 Å². The molecule has 0 aromatic carbocycles. The standard InChI is InChI=1S/C9H9BrN4O/c10-7-1-6(3-11-4-7)2-9(15)8-5-12-14-13-8/h1,3-5,9,15H,2H2,(H,12,13,14). The molecular formula is C9H9BrN4O. The van der Waals surface area contributed by atoms with Crippen LogP contribution in [0.3, 0.4) is 0 Å². The first kappa shape index (κ1) is 10.3. The van der Waals surface area contributed by atoms with Crippen LogP contribution in [0.5, 0.6) is 0 Å². The Labute approximate surface area is 94.7 Å². The highest BCUT2D eigenvalue weighted by atomic mass is 79.9. The van der Waals surface area contributed by atoms with Crippen molar-refractivity contribution >= 4 is 15.9 Å². The van der Waals surface area contributed by atoms with Crippen LogP contribution in [-0.4, -0.2) is 25.5 Å². The first-order valence-corrected chi connectivity index (χ1v) is 5.18. The van der Waals surface area contributed by atoms with Crippen LogP contribution in [-0.2, 0) is 6.42 Å². The molecule has 1 unspecified atom stereocenters. The summed E-state index contributed by atoms with van der Waals surface area (Å²) in [6.45, 7) is 0. The van der Waals surface area contributed by atoms with Gasteiger partial charge in [-0.25, -0.2) is 0 Å². The monoisotopic (exact) mass is 268 g/mol. The molecular weight excluding hydrogens is 260 g/mol. The Morgan fingerprint density at radius 3 is 2.93 bits per heavy atom. The van der Waals surface area contributed by atoms with Crippen LogP contribution in [0.15, 0.2) is 29.1 Å². The third-order valence-electron chi connectivity index (χ3n) is 1.97. The van der Waals surface area contributed by atoms with E-state index in [0.29, 0.717) is 12.1 Å². The maximum Gasteiger partial charge on any atom is 0.111 e. The highest BCUT2D eigenvalue weighted by Gasteiger charge is 2.11. The van der Waals surface area contributed by atoms with Gasteiger partial charge in [-0.15, -0.1) is 0 Å². The predicted octanol–water partition coefficient (Wildman–Crippen LogP) is 1.24. The van der Waals surface area contributed by atoms with Gasteiger partial charge in [0, 0.05) is 23.3 Å². The number of pyridine rings is 1. The van der Waals surface area contributed by atoms with E-state index in [4.69, 9.17) is 0 Å². The number of H-pyrrole nitrogens is 1. The lowest BCUT2D eigenvalue weighted by molar-refractivity contribution is 0.173. The second-order valence-electron chi connectivity index (χ2n) is 3.13. The van der Waals surface area contributed by atoms with Crippen molar-refractivity contribution in [2.45, 2.75) is 12.5 Å². The van der Waals surface area contributed by atoms with Crippen molar-refractivity contribution < 1.29 is 5.11 Å². The molecule has 5 nitrogen and oxygen atoms in total. The molecule has 0 saturated carbocycles. The normalized spacial score (nSPS) is 12.7. The lowest BCUT2D eigenvalue weighted by Gasteiger charge is -2.06. The molecule has 78 valence electrons. The van der Waals surface area contributed by atoms with E-state index in [9.17, 15) is 5.11 Å². The molecule has 2 rings (SSSR count). The molecule has 0 amide bonds. The Bertz CT molecular complexity index is 431. The van der Waals surface area contributed by atoms with Gasteiger partial charge in [0.15, 0.2) is 0 Å². The molecule has 0 spiro atoms. The van der Waals surface area contributed by atoms with Crippen molar-refractivity contribution in [2.75, 3.05) is 0 Å². The third-order valence-corrected chi connectivity index (χ3v) is 2.40. The van der Waals surface area contributed by atoms with Gasteiger partial charge in [-0.2, -0.15) is 15.4 Å². The summed E-state index contributed by atoms with van der Waals surface area (Å²) >= 11 is 3.32. The number of aliphatic hydroxyl groups is 1. The summed E-state index contributed by atoms with van der Waals surface area (Å²) in [5.74, 6) is 0. The molecule has 2 heterocycles. The zero-order chi connectivity index (χ0) is 10.7. The van der Waals surface area contributed by atoms with Crippen LogP contribution in [0.25, 0.3) is 0 Å². The van der Waals surface area contributed by atoms with Crippen LogP contribution in [0.1, 0.15) is 17.4 Å². The molecule has 2 aromatic heterocycles. The molecule has 0 aliphatic carbocycles. The maximum absolute atomic E-state index is 9.79. The number of hydrogen-bond donors (Lipinski definition) is 2. The summed E-state index contributed by atoms with van der Waals surface area (Å²) in [4.78, 5) is 4.02. The minimum absolute atomic E-state index is 0.471. The number of aromatic nitrogens is 4. The summed E-state index contributed by atoms with van der Waals surface area (Å²) < 4.78 is 0.896. The Morgan fingerprint density at radius 1 is 1.40 bits per heavy atom. The number of hydrogen-bond acceptors (Lipinski definition) is 4. The third kappa shape index (κ3) is 2.60. The first-order chi connectivity index (χ1) is 7.25. The number of nitrogens with zero attached hydrogens (tertiary/aromatic N) is 3. The van der Waals surface area contributed by atoms with E-state index >= 15 is 0 Å². The second-order valence-corrected chi connectivity index (χ2v) is 4.04. The topological polar surface area (TPSA) is 74.7 Å². The van der Waals surface area contributed by atoms with Crippen molar-refractivity contribution in [2.24, 2.45) is 0 Å². The minimum atomic E-state index is -0.653. The van der Waals surface area contributed by atoms with Gasteiger partial charge in [-0.3, -0.25) is 4.98 Å². The molecule has 0 aliphatic rings. The van der Waals surface area contributed by atoms with Crippen molar-refractivity contribution in [3.63, 3.8) is 0 Å². The highest BCUT2D eigenvalue weighted by Crippen LogP contribution is 2.17. The number of rotatable bonds is 3. The SMILES string of the molecule is OC(Cc1cncc(Br)c1)c1cn[nH]n1. The molecule has 0 bridgehead atoms.